The van der Waals surface area contributed by atoms with Gasteiger partial charge in [-0.25, -0.2) is 0 Å². The van der Waals surface area contributed by atoms with Crippen molar-refractivity contribution in [3.63, 3.8) is 0 Å². The number of carbonyl (C=O) groups excluding carboxylic acids is 1. The number of aromatic nitrogens is 2. The molecule has 1 amide bonds. The summed E-state index contributed by atoms with van der Waals surface area (Å²) < 4.78 is 1.64. The summed E-state index contributed by atoms with van der Waals surface area (Å²) in [4.78, 5) is 11.8. The number of nitrogens with one attached hydrogen (secondary N) is 2. The molecule has 0 bridgehead atoms. The van der Waals surface area contributed by atoms with E-state index in [0.717, 1.165) is 19.4 Å². The van der Waals surface area contributed by atoms with Crippen LogP contribution in [-0.2, 0) is 7.05 Å². The molecule has 88 valence electrons. The Kier molecular flexibility index (Phi) is 3.24. The molecule has 1 aromatic heterocycles. The van der Waals surface area contributed by atoms with Gasteiger partial charge in [0, 0.05) is 31.9 Å². The first kappa shape index (κ1) is 11.1. The fourth-order valence-electron chi connectivity index (χ4n) is 1.92. The molecule has 2 atom stereocenters. The molecular weight excluding hydrogens is 204 g/mol. The number of aryl methyl sites for hydroxylation is 1. The van der Waals surface area contributed by atoms with Crippen LogP contribution in [0.5, 0.6) is 0 Å². The topological polar surface area (TPSA) is 59.0 Å². The normalized spacial score (nSPS) is 25.4. The van der Waals surface area contributed by atoms with E-state index in [9.17, 15) is 4.79 Å². The third kappa shape index (κ3) is 2.61. The van der Waals surface area contributed by atoms with Gasteiger partial charge in [-0.1, -0.05) is 0 Å². The van der Waals surface area contributed by atoms with Crippen LogP contribution in [0.2, 0.25) is 0 Å². The van der Waals surface area contributed by atoms with Crippen molar-refractivity contribution in [2.24, 2.45) is 7.05 Å². The lowest BCUT2D eigenvalue weighted by Gasteiger charge is -2.27. The first-order valence-corrected chi connectivity index (χ1v) is 5.69. The second-order valence-corrected chi connectivity index (χ2v) is 4.43. The summed E-state index contributed by atoms with van der Waals surface area (Å²) >= 11 is 0. The molecule has 2 unspecified atom stereocenters. The average molecular weight is 222 g/mol. The summed E-state index contributed by atoms with van der Waals surface area (Å²) in [5, 5.41) is 10.4. The molecule has 0 aliphatic carbocycles. The number of piperidine rings is 1. The number of nitrogens with zero attached hydrogens (tertiary/aromatic N) is 2. The van der Waals surface area contributed by atoms with Crippen molar-refractivity contribution in [1.82, 2.24) is 20.4 Å². The second kappa shape index (κ2) is 4.65. The molecule has 2 rings (SSSR count). The molecule has 0 aromatic carbocycles. The van der Waals surface area contributed by atoms with Crippen LogP contribution >= 0.6 is 0 Å². The Morgan fingerprint density at radius 2 is 2.44 bits per heavy atom. The van der Waals surface area contributed by atoms with Crippen LogP contribution in [-0.4, -0.2) is 34.3 Å². The van der Waals surface area contributed by atoms with Crippen LogP contribution in [0.1, 0.15) is 30.3 Å². The van der Waals surface area contributed by atoms with Crippen LogP contribution in [0.15, 0.2) is 12.3 Å². The molecule has 2 heterocycles. The fourth-order valence-corrected chi connectivity index (χ4v) is 1.92. The minimum Gasteiger partial charge on any atom is -0.347 e. The number of hydrogen-bond acceptors (Lipinski definition) is 3. The van der Waals surface area contributed by atoms with Gasteiger partial charge in [-0.3, -0.25) is 9.48 Å². The molecular formula is C11H18N4O. The van der Waals surface area contributed by atoms with Crippen LogP contribution in [0, 0.1) is 0 Å². The number of amides is 1. The minimum absolute atomic E-state index is 0.0815. The van der Waals surface area contributed by atoms with Crippen molar-refractivity contribution in [2.75, 3.05) is 6.54 Å². The monoisotopic (exact) mass is 222 g/mol. The van der Waals surface area contributed by atoms with Crippen LogP contribution < -0.4 is 10.6 Å². The highest BCUT2D eigenvalue weighted by Crippen LogP contribution is 2.08. The summed E-state index contributed by atoms with van der Waals surface area (Å²) in [6.45, 7) is 3.01. The maximum absolute atomic E-state index is 11.8. The zero-order chi connectivity index (χ0) is 11.5. The van der Waals surface area contributed by atoms with Crippen molar-refractivity contribution < 1.29 is 4.79 Å². The lowest BCUT2D eigenvalue weighted by atomic mass is 10.0. The van der Waals surface area contributed by atoms with Crippen molar-refractivity contribution in [3.05, 3.63) is 18.0 Å². The predicted octanol–water partition coefficient (Wildman–Crippen LogP) is 0.290. The maximum Gasteiger partial charge on any atom is 0.272 e. The van der Waals surface area contributed by atoms with Gasteiger partial charge < -0.3 is 10.6 Å². The van der Waals surface area contributed by atoms with Gasteiger partial charge in [-0.15, -0.1) is 0 Å². The molecule has 1 fully saturated rings. The third-order valence-electron chi connectivity index (χ3n) is 2.94. The van der Waals surface area contributed by atoms with E-state index in [1.165, 1.54) is 0 Å². The Bertz CT molecular complexity index is 366. The lowest BCUT2D eigenvalue weighted by molar-refractivity contribution is 0.0922. The molecule has 1 aliphatic rings. The second-order valence-electron chi connectivity index (χ2n) is 4.43. The van der Waals surface area contributed by atoms with Gasteiger partial charge in [0.15, 0.2) is 0 Å². The standard InChI is InChI=1S/C11H18N4O/c1-8-3-4-9(7-12-8)13-11(16)10-5-6-15(2)14-10/h5-6,8-9,12H,3-4,7H2,1-2H3,(H,13,16). The van der Waals surface area contributed by atoms with Crippen LogP contribution in [0.4, 0.5) is 0 Å². The van der Waals surface area contributed by atoms with Crippen molar-refractivity contribution in [2.45, 2.75) is 31.8 Å². The van der Waals surface area contributed by atoms with E-state index in [1.807, 2.05) is 0 Å². The molecule has 0 saturated carbocycles. The minimum atomic E-state index is -0.0815. The van der Waals surface area contributed by atoms with Gasteiger partial charge in [-0.2, -0.15) is 5.10 Å². The largest absolute Gasteiger partial charge is 0.347 e. The first-order valence-electron chi connectivity index (χ1n) is 5.69. The summed E-state index contributed by atoms with van der Waals surface area (Å²) in [5.74, 6) is -0.0815. The summed E-state index contributed by atoms with van der Waals surface area (Å²) in [7, 11) is 1.81. The van der Waals surface area contributed by atoms with E-state index < -0.39 is 0 Å². The summed E-state index contributed by atoms with van der Waals surface area (Å²) in [5.41, 5.74) is 0.487. The van der Waals surface area contributed by atoms with E-state index >= 15 is 0 Å². The summed E-state index contributed by atoms with van der Waals surface area (Å²) in [6.07, 6.45) is 3.91. The first-order chi connectivity index (χ1) is 7.65. The molecule has 1 saturated heterocycles. The molecule has 5 heteroatoms. The van der Waals surface area contributed by atoms with Gasteiger partial charge in [0.1, 0.15) is 5.69 Å². The molecule has 16 heavy (non-hydrogen) atoms. The number of carbonyl (C=O) groups is 1. The van der Waals surface area contributed by atoms with E-state index in [1.54, 1.807) is 24.0 Å². The average Bonchev–Trinajstić information content (AvgIpc) is 2.68. The highest BCUT2D eigenvalue weighted by atomic mass is 16.2. The Labute approximate surface area is 95.2 Å². The molecule has 0 radical (unpaired) electrons. The maximum atomic E-state index is 11.8. The number of hydrogen-bond donors (Lipinski definition) is 2. The Hall–Kier alpha value is -1.36. The van der Waals surface area contributed by atoms with E-state index in [-0.39, 0.29) is 11.9 Å². The quantitative estimate of drug-likeness (QED) is 0.756. The van der Waals surface area contributed by atoms with Crippen molar-refractivity contribution >= 4 is 5.91 Å². The van der Waals surface area contributed by atoms with E-state index in [4.69, 9.17) is 0 Å². The highest BCUT2D eigenvalue weighted by Gasteiger charge is 2.20. The Balaban J connectivity index is 1.88. The van der Waals surface area contributed by atoms with Gasteiger partial charge in [0.25, 0.3) is 5.91 Å². The van der Waals surface area contributed by atoms with Crippen LogP contribution in [0.3, 0.4) is 0 Å². The molecule has 0 spiro atoms. The van der Waals surface area contributed by atoms with Gasteiger partial charge in [-0.05, 0) is 25.8 Å². The zero-order valence-electron chi connectivity index (χ0n) is 9.73. The molecule has 5 nitrogen and oxygen atoms in total. The Morgan fingerprint density at radius 3 is 3.00 bits per heavy atom. The highest BCUT2D eigenvalue weighted by molar-refractivity contribution is 5.92. The predicted molar refractivity (Wildman–Crippen MR) is 61.2 cm³/mol. The van der Waals surface area contributed by atoms with Crippen LogP contribution in [0.25, 0.3) is 0 Å². The fraction of sp³-hybridized carbons (Fsp3) is 0.636. The van der Waals surface area contributed by atoms with Crippen molar-refractivity contribution in [1.29, 1.82) is 0 Å². The van der Waals surface area contributed by atoms with Gasteiger partial charge >= 0.3 is 0 Å². The number of rotatable bonds is 2. The van der Waals surface area contributed by atoms with Gasteiger partial charge in [0.2, 0.25) is 0 Å². The van der Waals surface area contributed by atoms with E-state index in [2.05, 4.69) is 22.7 Å². The summed E-state index contributed by atoms with van der Waals surface area (Å²) in [6, 6.07) is 2.52. The molecule has 1 aliphatic heterocycles. The smallest absolute Gasteiger partial charge is 0.272 e. The molecule has 2 N–H and O–H groups in total. The van der Waals surface area contributed by atoms with E-state index in [0.29, 0.717) is 11.7 Å². The van der Waals surface area contributed by atoms with Gasteiger partial charge in [0.05, 0.1) is 0 Å². The Morgan fingerprint density at radius 1 is 1.62 bits per heavy atom. The third-order valence-corrected chi connectivity index (χ3v) is 2.94. The lowest BCUT2D eigenvalue weighted by Crippen LogP contribution is -2.48. The molecule has 1 aromatic rings. The zero-order valence-corrected chi connectivity index (χ0v) is 9.73. The van der Waals surface area contributed by atoms with Crippen molar-refractivity contribution in [3.8, 4) is 0 Å². The SMILES string of the molecule is CC1CCC(NC(=O)c2ccn(C)n2)CN1.